The molecule has 0 radical (unpaired) electrons. The van der Waals surface area contributed by atoms with Gasteiger partial charge in [0.25, 0.3) is 5.91 Å². The van der Waals surface area contributed by atoms with Crippen molar-refractivity contribution in [2.45, 2.75) is 45.6 Å². The Morgan fingerprint density at radius 2 is 1.90 bits per heavy atom. The summed E-state index contributed by atoms with van der Waals surface area (Å²) >= 11 is 0. The molecular formula is C16H22N2O2. The summed E-state index contributed by atoms with van der Waals surface area (Å²) in [4.78, 5) is 25.4. The Bertz CT molecular complexity index is 482. The summed E-state index contributed by atoms with van der Waals surface area (Å²) in [7, 11) is 0. The molecule has 0 aromatic heterocycles. The first-order valence-electron chi connectivity index (χ1n) is 7.35. The molecule has 1 fully saturated rings. The average molecular weight is 274 g/mol. The molecule has 0 bridgehead atoms. The third-order valence-corrected chi connectivity index (χ3v) is 3.68. The largest absolute Gasteiger partial charge is 0.373 e. The van der Waals surface area contributed by atoms with Gasteiger partial charge in [0.1, 0.15) is 6.04 Å². The molecule has 20 heavy (non-hydrogen) atoms. The summed E-state index contributed by atoms with van der Waals surface area (Å²) in [5.74, 6) is -0.158. The van der Waals surface area contributed by atoms with Gasteiger partial charge in [-0.3, -0.25) is 14.5 Å². The number of imide groups is 1. The van der Waals surface area contributed by atoms with Gasteiger partial charge in [-0.25, -0.2) is 0 Å². The first-order chi connectivity index (χ1) is 9.65. The van der Waals surface area contributed by atoms with Gasteiger partial charge in [0.2, 0.25) is 5.91 Å². The number of hydrogen-bond acceptors (Lipinski definition) is 3. The molecule has 1 aliphatic heterocycles. The van der Waals surface area contributed by atoms with Crippen LogP contribution in [0, 0.1) is 0 Å². The number of aryl methyl sites for hydroxylation is 1. The van der Waals surface area contributed by atoms with E-state index in [1.807, 2.05) is 24.3 Å². The Kier molecular flexibility index (Phi) is 4.77. The van der Waals surface area contributed by atoms with E-state index in [1.54, 1.807) is 0 Å². The van der Waals surface area contributed by atoms with Crippen LogP contribution in [-0.2, 0) is 16.0 Å². The van der Waals surface area contributed by atoms with Crippen LogP contribution in [0.1, 0.15) is 38.7 Å². The molecule has 2 rings (SSSR count). The molecule has 0 aliphatic carbocycles. The second kappa shape index (κ2) is 6.55. The molecule has 4 nitrogen and oxygen atoms in total. The smallest absolute Gasteiger partial charge is 0.252 e. The number of rotatable bonds is 6. The molecule has 0 spiro atoms. The molecule has 1 aromatic carbocycles. The fourth-order valence-electron chi connectivity index (χ4n) is 2.38. The number of amides is 2. The van der Waals surface area contributed by atoms with Crippen LogP contribution in [0.4, 0.5) is 5.69 Å². The topological polar surface area (TPSA) is 49.4 Å². The van der Waals surface area contributed by atoms with Gasteiger partial charge in [-0.15, -0.1) is 0 Å². The molecule has 0 saturated carbocycles. The van der Waals surface area contributed by atoms with Crippen molar-refractivity contribution in [2.75, 3.05) is 11.9 Å². The Labute approximate surface area is 120 Å². The quantitative estimate of drug-likeness (QED) is 0.811. The zero-order valence-corrected chi connectivity index (χ0v) is 12.2. The number of hydrogen-bond donors (Lipinski definition) is 1. The molecule has 1 aromatic rings. The first kappa shape index (κ1) is 14.6. The minimum Gasteiger partial charge on any atom is -0.373 e. The van der Waals surface area contributed by atoms with E-state index in [9.17, 15) is 9.59 Å². The Morgan fingerprint density at radius 1 is 1.20 bits per heavy atom. The van der Waals surface area contributed by atoms with Gasteiger partial charge in [0.15, 0.2) is 0 Å². The van der Waals surface area contributed by atoms with Crippen molar-refractivity contribution in [3.63, 3.8) is 0 Å². The summed E-state index contributed by atoms with van der Waals surface area (Å²) in [5, 5.41) is 3.17. The van der Waals surface area contributed by atoms with E-state index >= 15 is 0 Å². The van der Waals surface area contributed by atoms with E-state index in [2.05, 4.69) is 19.2 Å². The molecule has 2 amide bonds. The highest BCUT2D eigenvalue weighted by Crippen LogP contribution is 2.19. The van der Waals surface area contributed by atoms with Gasteiger partial charge < -0.3 is 5.32 Å². The van der Waals surface area contributed by atoms with E-state index < -0.39 is 6.04 Å². The Balaban J connectivity index is 1.99. The predicted molar refractivity (Wildman–Crippen MR) is 79.5 cm³/mol. The lowest BCUT2D eigenvalue weighted by molar-refractivity contribution is -0.138. The maximum Gasteiger partial charge on any atom is 0.252 e. The third-order valence-electron chi connectivity index (χ3n) is 3.68. The fourth-order valence-corrected chi connectivity index (χ4v) is 2.38. The highest BCUT2D eigenvalue weighted by molar-refractivity contribution is 6.06. The summed E-state index contributed by atoms with van der Waals surface area (Å²) in [6, 6.07) is 7.60. The number of nitrogens with one attached hydrogen (secondary N) is 1. The lowest BCUT2D eigenvalue weighted by Gasteiger charge is -2.15. The van der Waals surface area contributed by atoms with Crippen LogP contribution in [0.5, 0.6) is 0 Å². The highest BCUT2D eigenvalue weighted by Gasteiger charge is 2.37. The normalized spacial score (nSPS) is 18.7. The van der Waals surface area contributed by atoms with Crippen LogP contribution in [0.2, 0.25) is 0 Å². The summed E-state index contributed by atoms with van der Waals surface area (Å²) < 4.78 is 0. The number of unbranched alkanes of at least 4 members (excludes halogenated alkanes) is 1. The molecule has 1 saturated heterocycles. The molecule has 1 atom stereocenters. The van der Waals surface area contributed by atoms with Crippen LogP contribution in [0.15, 0.2) is 24.3 Å². The summed E-state index contributed by atoms with van der Waals surface area (Å²) in [6.45, 7) is 4.70. The predicted octanol–water partition coefficient (Wildman–Crippen LogP) is 2.59. The van der Waals surface area contributed by atoms with Crippen LogP contribution < -0.4 is 5.32 Å². The SMILES string of the molecule is CCCCN1C(=O)C[C@H](Nc2ccc(CC)cc2)C1=O. The van der Waals surface area contributed by atoms with Gasteiger partial charge in [0.05, 0.1) is 6.42 Å². The summed E-state index contributed by atoms with van der Waals surface area (Å²) in [5.41, 5.74) is 2.15. The van der Waals surface area contributed by atoms with Crippen LogP contribution >= 0.6 is 0 Å². The zero-order chi connectivity index (χ0) is 14.5. The Hall–Kier alpha value is -1.84. The maximum atomic E-state index is 12.2. The molecule has 1 heterocycles. The van der Waals surface area contributed by atoms with Crippen LogP contribution in [0.25, 0.3) is 0 Å². The average Bonchev–Trinajstić information content (AvgIpc) is 2.72. The zero-order valence-electron chi connectivity index (χ0n) is 12.2. The van der Waals surface area contributed by atoms with E-state index in [-0.39, 0.29) is 18.2 Å². The molecule has 4 heteroatoms. The number of nitrogens with zero attached hydrogens (tertiary/aromatic N) is 1. The standard InChI is InChI=1S/C16H22N2O2/c1-3-5-10-18-15(19)11-14(16(18)20)17-13-8-6-12(4-2)7-9-13/h6-9,14,17H,3-5,10-11H2,1-2H3/t14-/m0/s1. The van der Waals surface area contributed by atoms with Gasteiger partial charge in [-0.2, -0.15) is 0 Å². The third kappa shape index (κ3) is 3.18. The van der Waals surface area contributed by atoms with Crippen molar-refractivity contribution >= 4 is 17.5 Å². The molecule has 1 aliphatic rings. The lowest BCUT2D eigenvalue weighted by atomic mass is 10.1. The van der Waals surface area contributed by atoms with Gasteiger partial charge in [-0.05, 0) is 30.5 Å². The van der Waals surface area contributed by atoms with Crippen molar-refractivity contribution in [3.8, 4) is 0 Å². The van der Waals surface area contributed by atoms with Crippen molar-refractivity contribution in [1.29, 1.82) is 0 Å². The van der Waals surface area contributed by atoms with E-state index in [0.29, 0.717) is 6.54 Å². The fraction of sp³-hybridized carbons (Fsp3) is 0.500. The number of carbonyl (C=O) groups is 2. The monoisotopic (exact) mass is 274 g/mol. The molecule has 0 unspecified atom stereocenters. The van der Waals surface area contributed by atoms with Crippen molar-refractivity contribution in [1.82, 2.24) is 4.90 Å². The number of likely N-dealkylation sites (tertiary alicyclic amines) is 1. The second-order valence-electron chi connectivity index (χ2n) is 5.19. The van der Waals surface area contributed by atoms with Crippen LogP contribution in [-0.4, -0.2) is 29.3 Å². The Morgan fingerprint density at radius 3 is 2.50 bits per heavy atom. The highest BCUT2D eigenvalue weighted by atomic mass is 16.2. The lowest BCUT2D eigenvalue weighted by Crippen LogP contribution is -2.35. The minimum atomic E-state index is -0.410. The number of anilines is 1. The van der Waals surface area contributed by atoms with E-state index in [0.717, 1.165) is 24.9 Å². The van der Waals surface area contributed by atoms with E-state index in [1.165, 1.54) is 10.5 Å². The number of benzene rings is 1. The van der Waals surface area contributed by atoms with Crippen molar-refractivity contribution in [3.05, 3.63) is 29.8 Å². The van der Waals surface area contributed by atoms with Gasteiger partial charge in [-0.1, -0.05) is 32.4 Å². The maximum absolute atomic E-state index is 12.2. The molecule has 108 valence electrons. The molecular weight excluding hydrogens is 252 g/mol. The number of carbonyl (C=O) groups excluding carboxylic acids is 2. The minimum absolute atomic E-state index is 0.0638. The van der Waals surface area contributed by atoms with Crippen molar-refractivity contribution in [2.24, 2.45) is 0 Å². The summed E-state index contributed by atoms with van der Waals surface area (Å²) in [6.07, 6.45) is 3.10. The molecule has 1 N–H and O–H groups in total. The van der Waals surface area contributed by atoms with Crippen molar-refractivity contribution < 1.29 is 9.59 Å². The van der Waals surface area contributed by atoms with E-state index in [4.69, 9.17) is 0 Å². The first-order valence-corrected chi connectivity index (χ1v) is 7.35. The van der Waals surface area contributed by atoms with Crippen LogP contribution in [0.3, 0.4) is 0 Å². The second-order valence-corrected chi connectivity index (χ2v) is 5.19. The van der Waals surface area contributed by atoms with Gasteiger partial charge in [0, 0.05) is 12.2 Å². The van der Waals surface area contributed by atoms with Gasteiger partial charge >= 0.3 is 0 Å².